The number of carbonyl (C=O) groups is 2. The van der Waals surface area contributed by atoms with E-state index in [2.05, 4.69) is 16.8 Å². The Kier molecular flexibility index (Phi) is 5.94. The van der Waals surface area contributed by atoms with Crippen LogP contribution >= 0.6 is 11.3 Å². The third-order valence-electron chi connectivity index (χ3n) is 4.03. The standard InChI is InChI=1S/C21H20N2O2S/c1-23(13-16-11-12-26-15-16)14-20(24)22-19-10-6-5-9-18(19)21(25)17-7-3-2-4-8-17/h2-12,15H,13-14H2,1H3,(H,22,24)/p+1. The summed E-state index contributed by atoms with van der Waals surface area (Å²) in [4.78, 5) is 26.2. The molecule has 3 aromatic rings. The number of hydrogen-bond acceptors (Lipinski definition) is 3. The minimum Gasteiger partial charge on any atom is -0.326 e. The number of carbonyl (C=O) groups excluding carboxylic acids is 2. The first-order valence-electron chi connectivity index (χ1n) is 8.44. The van der Waals surface area contributed by atoms with Gasteiger partial charge in [-0.15, -0.1) is 0 Å². The van der Waals surface area contributed by atoms with Gasteiger partial charge in [-0.1, -0.05) is 42.5 Å². The minimum atomic E-state index is -0.106. The Balaban J connectivity index is 1.68. The molecule has 5 heteroatoms. The van der Waals surface area contributed by atoms with E-state index in [1.54, 1.807) is 41.7 Å². The molecule has 132 valence electrons. The molecule has 26 heavy (non-hydrogen) atoms. The molecule has 1 aromatic heterocycles. The van der Waals surface area contributed by atoms with E-state index in [0.29, 0.717) is 23.4 Å². The van der Waals surface area contributed by atoms with Crippen LogP contribution in [0.15, 0.2) is 71.4 Å². The highest BCUT2D eigenvalue weighted by atomic mass is 32.1. The monoisotopic (exact) mass is 365 g/mol. The van der Waals surface area contributed by atoms with Crippen LogP contribution in [0.2, 0.25) is 0 Å². The predicted octanol–water partition coefficient (Wildman–Crippen LogP) is 2.63. The van der Waals surface area contributed by atoms with Crippen molar-refractivity contribution >= 4 is 28.7 Å². The van der Waals surface area contributed by atoms with Crippen molar-refractivity contribution in [2.45, 2.75) is 6.54 Å². The maximum absolute atomic E-state index is 12.7. The molecule has 0 bridgehead atoms. The molecule has 2 aromatic carbocycles. The normalized spacial score (nSPS) is 11.7. The zero-order valence-corrected chi connectivity index (χ0v) is 15.4. The molecule has 0 saturated carbocycles. The van der Waals surface area contributed by atoms with E-state index >= 15 is 0 Å². The lowest BCUT2D eigenvalue weighted by Crippen LogP contribution is -3.08. The van der Waals surface area contributed by atoms with Crippen LogP contribution in [0.1, 0.15) is 21.5 Å². The molecule has 1 atom stereocenters. The van der Waals surface area contributed by atoms with Crippen molar-refractivity contribution in [3.63, 3.8) is 0 Å². The van der Waals surface area contributed by atoms with Crippen molar-refractivity contribution in [2.24, 2.45) is 0 Å². The number of ketones is 1. The maximum atomic E-state index is 12.7. The van der Waals surface area contributed by atoms with Crippen molar-refractivity contribution in [3.8, 4) is 0 Å². The fourth-order valence-electron chi connectivity index (χ4n) is 2.81. The van der Waals surface area contributed by atoms with E-state index in [4.69, 9.17) is 0 Å². The highest BCUT2D eigenvalue weighted by Gasteiger charge is 2.16. The maximum Gasteiger partial charge on any atom is 0.279 e. The van der Waals surface area contributed by atoms with Crippen molar-refractivity contribution in [1.82, 2.24) is 0 Å². The van der Waals surface area contributed by atoms with Gasteiger partial charge in [-0.05, 0) is 29.0 Å². The lowest BCUT2D eigenvalue weighted by Gasteiger charge is -2.14. The molecular formula is C21H21N2O2S+. The summed E-state index contributed by atoms with van der Waals surface area (Å²) in [6.07, 6.45) is 0. The smallest absolute Gasteiger partial charge is 0.279 e. The summed E-state index contributed by atoms with van der Waals surface area (Å²) in [6, 6.07) is 18.3. The number of para-hydroxylation sites is 1. The van der Waals surface area contributed by atoms with E-state index in [0.717, 1.165) is 11.4 Å². The van der Waals surface area contributed by atoms with Crippen LogP contribution in [0.25, 0.3) is 0 Å². The fourth-order valence-corrected chi connectivity index (χ4v) is 3.48. The summed E-state index contributed by atoms with van der Waals surface area (Å²) < 4.78 is 0. The molecule has 1 heterocycles. The van der Waals surface area contributed by atoms with E-state index in [-0.39, 0.29) is 11.7 Å². The zero-order valence-electron chi connectivity index (χ0n) is 14.6. The van der Waals surface area contributed by atoms with Crippen LogP contribution < -0.4 is 10.2 Å². The number of rotatable bonds is 7. The molecular weight excluding hydrogens is 344 g/mol. The van der Waals surface area contributed by atoms with Gasteiger partial charge in [0.1, 0.15) is 6.54 Å². The topological polar surface area (TPSA) is 50.6 Å². The largest absolute Gasteiger partial charge is 0.326 e. The Hall–Kier alpha value is -2.76. The molecule has 2 N–H and O–H groups in total. The van der Waals surface area contributed by atoms with Gasteiger partial charge in [-0.25, -0.2) is 0 Å². The molecule has 0 fully saturated rings. The quantitative estimate of drug-likeness (QED) is 0.633. The molecule has 0 aliphatic carbocycles. The Labute approximate surface area is 157 Å². The summed E-state index contributed by atoms with van der Waals surface area (Å²) in [6.45, 7) is 1.13. The average molecular weight is 365 g/mol. The summed E-state index contributed by atoms with van der Waals surface area (Å²) in [7, 11) is 1.98. The highest BCUT2D eigenvalue weighted by Crippen LogP contribution is 2.19. The van der Waals surface area contributed by atoms with Gasteiger partial charge in [0.15, 0.2) is 12.3 Å². The number of thiophene rings is 1. The molecule has 0 saturated heterocycles. The third kappa shape index (κ3) is 4.65. The number of hydrogen-bond donors (Lipinski definition) is 2. The lowest BCUT2D eigenvalue weighted by atomic mass is 10.0. The molecule has 0 aliphatic rings. The molecule has 0 spiro atoms. The van der Waals surface area contributed by atoms with Gasteiger partial charge in [0, 0.05) is 16.7 Å². The van der Waals surface area contributed by atoms with Gasteiger partial charge in [0.2, 0.25) is 0 Å². The van der Waals surface area contributed by atoms with Gasteiger partial charge in [0.25, 0.3) is 5.91 Å². The lowest BCUT2D eigenvalue weighted by molar-refractivity contribution is -0.885. The summed E-state index contributed by atoms with van der Waals surface area (Å²) in [5.74, 6) is -0.202. The predicted molar refractivity (Wildman–Crippen MR) is 105 cm³/mol. The van der Waals surface area contributed by atoms with Crippen LogP contribution in [0.3, 0.4) is 0 Å². The van der Waals surface area contributed by atoms with Gasteiger partial charge in [-0.3, -0.25) is 9.59 Å². The number of amides is 1. The second kappa shape index (κ2) is 8.56. The second-order valence-electron chi connectivity index (χ2n) is 6.23. The highest BCUT2D eigenvalue weighted by molar-refractivity contribution is 7.07. The SMILES string of the molecule is C[NH+](CC(=O)Nc1ccccc1C(=O)c1ccccc1)Cc1ccsc1. The van der Waals surface area contributed by atoms with Crippen molar-refractivity contribution < 1.29 is 14.5 Å². The summed E-state index contributed by atoms with van der Waals surface area (Å²) in [5, 5.41) is 7.02. The first-order chi connectivity index (χ1) is 12.6. The van der Waals surface area contributed by atoms with E-state index in [1.165, 1.54) is 5.56 Å². The van der Waals surface area contributed by atoms with Gasteiger partial charge < -0.3 is 10.2 Å². The van der Waals surface area contributed by atoms with Gasteiger partial charge in [0.05, 0.1) is 12.7 Å². The minimum absolute atomic E-state index is 0.0968. The van der Waals surface area contributed by atoms with E-state index in [1.807, 2.05) is 36.7 Å². The zero-order chi connectivity index (χ0) is 18.4. The Morgan fingerprint density at radius 1 is 1.00 bits per heavy atom. The Morgan fingerprint density at radius 3 is 2.46 bits per heavy atom. The van der Waals surface area contributed by atoms with Crippen LogP contribution in [-0.2, 0) is 11.3 Å². The van der Waals surface area contributed by atoms with E-state index < -0.39 is 0 Å². The first kappa shape index (κ1) is 18.0. The molecule has 1 unspecified atom stereocenters. The number of quaternary nitrogens is 1. The molecule has 3 rings (SSSR count). The average Bonchev–Trinajstić information content (AvgIpc) is 3.15. The van der Waals surface area contributed by atoms with Crippen LogP contribution in [0, 0.1) is 0 Å². The number of nitrogens with one attached hydrogen (secondary N) is 2. The van der Waals surface area contributed by atoms with Crippen LogP contribution in [0.5, 0.6) is 0 Å². The number of benzene rings is 2. The molecule has 4 nitrogen and oxygen atoms in total. The van der Waals surface area contributed by atoms with Crippen LogP contribution in [-0.4, -0.2) is 25.3 Å². The van der Waals surface area contributed by atoms with Crippen molar-refractivity contribution in [2.75, 3.05) is 18.9 Å². The third-order valence-corrected chi connectivity index (χ3v) is 4.76. The van der Waals surface area contributed by atoms with E-state index in [9.17, 15) is 9.59 Å². The molecule has 0 aliphatic heterocycles. The second-order valence-corrected chi connectivity index (χ2v) is 7.01. The first-order valence-corrected chi connectivity index (χ1v) is 9.39. The van der Waals surface area contributed by atoms with Crippen molar-refractivity contribution in [3.05, 3.63) is 88.1 Å². The number of likely N-dealkylation sites (N-methyl/N-ethyl adjacent to an activating group) is 1. The molecule has 0 radical (unpaired) electrons. The van der Waals surface area contributed by atoms with Gasteiger partial charge in [-0.2, -0.15) is 11.3 Å². The Morgan fingerprint density at radius 2 is 1.73 bits per heavy atom. The fraction of sp³-hybridized carbons (Fsp3) is 0.143. The number of anilines is 1. The molecule has 1 amide bonds. The summed E-state index contributed by atoms with van der Waals surface area (Å²) >= 11 is 1.65. The summed E-state index contributed by atoms with van der Waals surface area (Å²) in [5.41, 5.74) is 2.88. The Bertz CT molecular complexity index is 876. The van der Waals surface area contributed by atoms with Crippen molar-refractivity contribution in [1.29, 1.82) is 0 Å². The van der Waals surface area contributed by atoms with Gasteiger partial charge >= 0.3 is 0 Å². The van der Waals surface area contributed by atoms with Crippen LogP contribution in [0.4, 0.5) is 5.69 Å².